The molecule has 0 bridgehead atoms. The number of hydrogen-bond acceptors (Lipinski definition) is 2. The van der Waals surface area contributed by atoms with Gasteiger partial charge in [-0.2, -0.15) is 0 Å². The van der Waals surface area contributed by atoms with E-state index in [-0.39, 0.29) is 0 Å². The van der Waals surface area contributed by atoms with Gasteiger partial charge in [0.25, 0.3) is 0 Å². The van der Waals surface area contributed by atoms with Crippen LogP contribution >= 0.6 is 0 Å². The number of rotatable bonds is 4. The van der Waals surface area contributed by atoms with Crippen LogP contribution in [0.3, 0.4) is 0 Å². The van der Waals surface area contributed by atoms with Crippen LogP contribution < -0.4 is 0 Å². The van der Waals surface area contributed by atoms with Crippen molar-refractivity contribution < 1.29 is 8.42 Å². The van der Waals surface area contributed by atoms with E-state index in [1.807, 2.05) is 6.92 Å². The molecule has 1 heterocycles. The third-order valence-electron chi connectivity index (χ3n) is 2.77. The Balaban J connectivity index is 2.53. The summed E-state index contributed by atoms with van der Waals surface area (Å²) < 4.78 is 25.3. The summed E-state index contributed by atoms with van der Waals surface area (Å²) in [5.41, 5.74) is 0. The minimum absolute atomic E-state index is 0.330. The summed E-state index contributed by atoms with van der Waals surface area (Å²) >= 11 is 0. The minimum Gasteiger partial charge on any atom is -0.212 e. The van der Waals surface area contributed by atoms with Crippen molar-refractivity contribution in [3.05, 3.63) is 0 Å². The molecule has 3 nitrogen and oxygen atoms in total. The Hall–Kier alpha value is -0.0900. The second-order valence-electron chi connectivity index (χ2n) is 4.27. The van der Waals surface area contributed by atoms with Gasteiger partial charge in [0.2, 0.25) is 10.0 Å². The van der Waals surface area contributed by atoms with Gasteiger partial charge in [0.05, 0.1) is 5.75 Å². The van der Waals surface area contributed by atoms with Crippen molar-refractivity contribution in [2.75, 3.05) is 18.8 Å². The van der Waals surface area contributed by atoms with Gasteiger partial charge in [-0.1, -0.05) is 20.3 Å². The second-order valence-corrected chi connectivity index (χ2v) is 6.36. The van der Waals surface area contributed by atoms with Gasteiger partial charge < -0.3 is 0 Å². The van der Waals surface area contributed by atoms with Crippen LogP contribution in [-0.2, 0) is 10.0 Å². The van der Waals surface area contributed by atoms with Gasteiger partial charge in [0, 0.05) is 13.1 Å². The van der Waals surface area contributed by atoms with Crippen molar-refractivity contribution in [3.63, 3.8) is 0 Å². The van der Waals surface area contributed by atoms with Crippen molar-refractivity contribution in [1.82, 2.24) is 4.31 Å². The maximum absolute atomic E-state index is 11.8. The molecule has 1 aliphatic heterocycles. The lowest BCUT2D eigenvalue weighted by Gasteiger charge is -2.29. The zero-order valence-electron chi connectivity index (χ0n) is 9.20. The SMILES string of the molecule is CCCCS(=O)(=O)N1CCC[C@@H](C)C1. The van der Waals surface area contributed by atoms with E-state index < -0.39 is 10.0 Å². The molecule has 0 N–H and O–H groups in total. The van der Waals surface area contributed by atoms with Gasteiger partial charge in [-0.05, 0) is 25.2 Å². The monoisotopic (exact) mass is 219 g/mol. The molecular weight excluding hydrogens is 198 g/mol. The normalized spacial score (nSPS) is 25.1. The lowest BCUT2D eigenvalue weighted by Crippen LogP contribution is -2.40. The fourth-order valence-electron chi connectivity index (χ4n) is 1.85. The molecule has 1 atom stereocenters. The molecular formula is C10H21NO2S. The van der Waals surface area contributed by atoms with E-state index >= 15 is 0 Å². The van der Waals surface area contributed by atoms with Crippen LogP contribution in [0.2, 0.25) is 0 Å². The minimum atomic E-state index is -2.95. The van der Waals surface area contributed by atoms with Crippen molar-refractivity contribution in [2.45, 2.75) is 39.5 Å². The highest BCUT2D eigenvalue weighted by Gasteiger charge is 2.26. The first-order chi connectivity index (χ1) is 6.56. The van der Waals surface area contributed by atoms with Crippen molar-refractivity contribution >= 4 is 10.0 Å². The summed E-state index contributed by atoms with van der Waals surface area (Å²) in [5.74, 6) is 0.858. The second kappa shape index (κ2) is 5.12. The molecule has 1 aliphatic rings. The molecule has 1 rings (SSSR count). The van der Waals surface area contributed by atoms with E-state index in [2.05, 4.69) is 6.92 Å². The van der Waals surface area contributed by atoms with Crippen LogP contribution in [0.5, 0.6) is 0 Å². The van der Waals surface area contributed by atoms with Crippen LogP contribution in [0.25, 0.3) is 0 Å². The summed E-state index contributed by atoms with van der Waals surface area (Å²) in [4.78, 5) is 0. The molecule has 84 valence electrons. The molecule has 0 radical (unpaired) electrons. The fraction of sp³-hybridized carbons (Fsp3) is 1.00. The van der Waals surface area contributed by atoms with Crippen LogP contribution in [0.4, 0.5) is 0 Å². The predicted molar refractivity (Wildman–Crippen MR) is 58.7 cm³/mol. The number of sulfonamides is 1. The molecule has 0 aliphatic carbocycles. The third kappa shape index (κ3) is 3.24. The smallest absolute Gasteiger partial charge is 0.212 e. The van der Waals surface area contributed by atoms with Crippen molar-refractivity contribution in [3.8, 4) is 0 Å². The molecule has 1 fully saturated rings. The first kappa shape index (κ1) is 12.0. The van der Waals surface area contributed by atoms with E-state index in [9.17, 15) is 8.42 Å². The van der Waals surface area contributed by atoms with Gasteiger partial charge in [-0.25, -0.2) is 12.7 Å². The number of nitrogens with zero attached hydrogens (tertiary/aromatic N) is 1. The highest BCUT2D eigenvalue weighted by molar-refractivity contribution is 7.89. The summed E-state index contributed by atoms with van der Waals surface area (Å²) in [5, 5.41) is 0. The molecule has 0 aromatic heterocycles. The molecule has 0 spiro atoms. The summed E-state index contributed by atoms with van der Waals surface area (Å²) in [6, 6.07) is 0. The molecule has 0 aromatic rings. The van der Waals surface area contributed by atoms with E-state index in [1.54, 1.807) is 4.31 Å². The Morgan fingerprint density at radius 3 is 2.71 bits per heavy atom. The highest BCUT2D eigenvalue weighted by Crippen LogP contribution is 2.19. The van der Waals surface area contributed by atoms with Crippen LogP contribution in [-0.4, -0.2) is 31.6 Å². The molecule has 1 saturated heterocycles. The summed E-state index contributed by atoms with van der Waals surface area (Å²) in [6.45, 7) is 5.61. The summed E-state index contributed by atoms with van der Waals surface area (Å²) in [7, 11) is -2.95. The first-order valence-corrected chi connectivity index (χ1v) is 7.15. The zero-order valence-corrected chi connectivity index (χ0v) is 10.0. The Morgan fingerprint density at radius 2 is 2.14 bits per heavy atom. The number of hydrogen-bond donors (Lipinski definition) is 0. The Labute approximate surface area is 87.5 Å². The molecule has 0 amide bonds. The van der Waals surface area contributed by atoms with E-state index in [0.717, 1.165) is 32.4 Å². The molecule has 0 unspecified atom stereocenters. The average molecular weight is 219 g/mol. The van der Waals surface area contributed by atoms with Gasteiger partial charge in [0.15, 0.2) is 0 Å². The Kier molecular flexibility index (Phi) is 4.38. The maximum atomic E-state index is 11.8. The van der Waals surface area contributed by atoms with E-state index in [1.165, 1.54) is 6.42 Å². The van der Waals surface area contributed by atoms with Crippen molar-refractivity contribution in [1.29, 1.82) is 0 Å². The van der Waals surface area contributed by atoms with Gasteiger partial charge in [-0.3, -0.25) is 0 Å². The lowest BCUT2D eigenvalue weighted by atomic mass is 10.0. The lowest BCUT2D eigenvalue weighted by molar-refractivity contribution is 0.281. The fourth-order valence-corrected chi connectivity index (χ4v) is 3.66. The Bertz CT molecular complexity index is 261. The van der Waals surface area contributed by atoms with Gasteiger partial charge in [-0.15, -0.1) is 0 Å². The highest BCUT2D eigenvalue weighted by atomic mass is 32.2. The summed E-state index contributed by atoms with van der Waals surface area (Å²) in [6.07, 6.45) is 3.92. The standard InChI is InChI=1S/C10H21NO2S/c1-3-4-8-14(12,13)11-7-5-6-10(2)9-11/h10H,3-9H2,1-2H3/t10-/m1/s1. The quantitative estimate of drug-likeness (QED) is 0.723. The Morgan fingerprint density at radius 1 is 1.43 bits per heavy atom. The van der Waals surface area contributed by atoms with Gasteiger partial charge >= 0.3 is 0 Å². The van der Waals surface area contributed by atoms with Crippen LogP contribution in [0.1, 0.15) is 39.5 Å². The topological polar surface area (TPSA) is 37.4 Å². The first-order valence-electron chi connectivity index (χ1n) is 5.54. The number of piperidine rings is 1. The predicted octanol–water partition coefficient (Wildman–Crippen LogP) is 1.85. The van der Waals surface area contributed by atoms with E-state index in [0.29, 0.717) is 11.7 Å². The molecule has 14 heavy (non-hydrogen) atoms. The van der Waals surface area contributed by atoms with Crippen LogP contribution in [0, 0.1) is 5.92 Å². The van der Waals surface area contributed by atoms with E-state index in [4.69, 9.17) is 0 Å². The largest absolute Gasteiger partial charge is 0.214 e. The van der Waals surface area contributed by atoms with Crippen molar-refractivity contribution in [2.24, 2.45) is 5.92 Å². The molecule has 0 saturated carbocycles. The van der Waals surface area contributed by atoms with Crippen LogP contribution in [0.15, 0.2) is 0 Å². The number of unbranched alkanes of at least 4 members (excludes halogenated alkanes) is 1. The van der Waals surface area contributed by atoms with Gasteiger partial charge in [0.1, 0.15) is 0 Å². The molecule has 4 heteroatoms. The maximum Gasteiger partial charge on any atom is 0.214 e. The zero-order chi connectivity index (χ0) is 10.6. The average Bonchev–Trinajstić information content (AvgIpc) is 2.15. The molecule has 0 aromatic carbocycles. The third-order valence-corrected chi connectivity index (χ3v) is 4.69.